The highest BCUT2D eigenvalue weighted by molar-refractivity contribution is 7.99. The molecule has 0 bridgehead atoms. The number of sulfonamides is 1. The fourth-order valence-electron chi connectivity index (χ4n) is 4.25. The Morgan fingerprint density at radius 1 is 1.09 bits per heavy atom. The molecular formula is C23H27N3O4S2. The van der Waals surface area contributed by atoms with Crippen LogP contribution in [-0.4, -0.2) is 56.5 Å². The number of amides is 2. The third-order valence-electron chi connectivity index (χ3n) is 5.96. The van der Waals surface area contributed by atoms with Crippen molar-refractivity contribution in [2.75, 3.05) is 41.7 Å². The van der Waals surface area contributed by atoms with Crippen molar-refractivity contribution >= 4 is 45.0 Å². The van der Waals surface area contributed by atoms with Gasteiger partial charge in [0.1, 0.15) is 0 Å². The summed E-state index contributed by atoms with van der Waals surface area (Å²) in [5.41, 5.74) is 1.52. The first-order valence-electron chi connectivity index (χ1n) is 10.8. The van der Waals surface area contributed by atoms with Gasteiger partial charge in [-0.1, -0.05) is 26.0 Å². The van der Waals surface area contributed by atoms with Crippen molar-refractivity contribution in [3.63, 3.8) is 0 Å². The smallest absolute Gasteiger partial charge is 0.243 e. The van der Waals surface area contributed by atoms with E-state index in [-0.39, 0.29) is 23.1 Å². The summed E-state index contributed by atoms with van der Waals surface area (Å²) in [7, 11) is -3.56. The molecule has 1 saturated heterocycles. The van der Waals surface area contributed by atoms with E-state index in [4.69, 9.17) is 0 Å². The third kappa shape index (κ3) is 4.16. The quantitative estimate of drug-likeness (QED) is 0.644. The van der Waals surface area contributed by atoms with Crippen molar-refractivity contribution in [1.29, 1.82) is 0 Å². The van der Waals surface area contributed by atoms with Gasteiger partial charge in [0, 0.05) is 48.9 Å². The van der Waals surface area contributed by atoms with Crippen molar-refractivity contribution in [2.45, 2.75) is 30.1 Å². The van der Waals surface area contributed by atoms with Gasteiger partial charge in [-0.3, -0.25) is 9.59 Å². The van der Waals surface area contributed by atoms with Gasteiger partial charge in [-0.15, -0.1) is 11.8 Å². The Labute approximate surface area is 193 Å². The number of hydrogen-bond donors (Lipinski definition) is 0. The average Bonchev–Trinajstić information content (AvgIpc) is 3.20. The lowest BCUT2D eigenvalue weighted by Gasteiger charge is -2.30. The molecule has 32 heavy (non-hydrogen) atoms. The number of para-hydroxylation sites is 1. The number of rotatable bonds is 6. The standard InChI is InChI=1S/C23H27N3O4S2/c1-3-24(4-2)32(29,30)19-11-9-18(10-12-19)26-16-17(15-22(26)27)23(28)25-13-14-31-21-8-6-5-7-20(21)25/h5-12,17H,3-4,13-16H2,1-2H3. The molecule has 0 N–H and O–H groups in total. The van der Waals surface area contributed by atoms with Crippen LogP contribution in [-0.2, 0) is 19.6 Å². The Bertz CT molecular complexity index is 1110. The first-order valence-corrected chi connectivity index (χ1v) is 13.2. The molecule has 1 atom stereocenters. The maximum atomic E-state index is 13.3. The molecule has 2 heterocycles. The second-order valence-electron chi connectivity index (χ2n) is 7.79. The van der Waals surface area contributed by atoms with E-state index in [1.165, 1.54) is 16.4 Å². The van der Waals surface area contributed by atoms with Crippen molar-refractivity contribution in [2.24, 2.45) is 5.92 Å². The van der Waals surface area contributed by atoms with Gasteiger partial charge in [0.15, 0.2) is 0 Å². The van der Waals surface area contributed by atoms with Gasteiger partial charge in [-0.05, 0) is 36.4 Å². The highest BCUT2D eigenvalue weighted by Gasteiger charge is 2.38. The fraction of sp³-hybridized carbons (Fsp3) is 0.391. The molecule has 2 amide bonds. The minimum Gasteiger partial charge on any atom is -0.312 e. The largest absolute Gasteiger partial charge is 0.312 e. The van der Waals surface area contributed by atoms with Crippen molar-refractivity contribution in [1.82, 2.24) is 4.31 Å². The minimum atomic E-state index is -3.56. The van der Waals surface area contributed by atoms with Crippen LogP contribution in [0.2, 0.25) is 0 Å². The molecule has 2 aliphatic rings. The van der Waals surface area contributed by atoms with Gasteiger partial charge >= 0.3 is 0 Å². The summed E-state index contributed by atoms with van der Waals surface area (Å²) in [5.74, 6) is 0.254. The highest BCUT2D eigenvalue weighted by atomic mass is 32.2. The summed E-state index contributed by atoms with van der Waals surface area (Å²) < 4.78 is 26.8. The van der Waals surface area contributed by atoms with Gasteiger partial charge in [0.25, 0.3) is 0 Å². The molecule has 170 valence electrons. The summed E-state index contributed by atoms with van der Waals surface area (Å²) in [6.07, 6.45) is 0.157. The summed E-state index contributed by atoms with van der Waals surface area (Å²) in [6, 6.07) is 14.2. The molecule has 4 rings (SSSR count). The lowest BCUT2D eigenvalue weighted by Crippen LogP contribution is -2.40. The number of thioether (sulfide) groups is 1. The second kappa shape index (κ2) is 9.25. The van der Waals surface area contributed by atoms with E-state index in [9.17, 15) is 18.0 Å². The number of nitrogens with zero attached hydrogens (tertiary/aromatic N) is 3. The van der Waals surface area contributed by atoms with E-state index in [1.54, 1.807) is 47.5 Å². The van der Waals surface area contributed by atoms with Crippen LogP contribution >= 0.6 is 11.8 Å². The van der Waals surface area contributed by atoms with E-state index in [0.29, 0.717) is 31.9 Å². The first-order chi connectivity index (χ1) is 15.4. The lowest BCUT2D eigenvalue weighted by atomic mass is 10.1. The molecule has 0 aliphatic carbocycles. The minimum absolute atomic E-state index is 0.0330. The van der Waals surface area contributed by atoms with Crippen LogP contribution in [0, 0.1) is 5.92 Å². The van der Waals surface area contributed by atoms with E-state index in [1.807, 2.05) is 24.3 Å². The number of anilines is 2. The van der Waals surface area contributed by atoms with E-state index in [0.717, 1.165) is 16.3 Å². The van der Waals surface area contributed by atoms with Crippen LogP contribution in [0.1, 0.15) is 20.3 Å². The Hall–Kier alpha value is -2.36. The fourth-order valence-corrected chi connectivity index (χ4v) is 6.70. The predicted octanol–water partition coefficient (Wildman–Crippen LogP) is 3.21. The summed E-state index contributed by atoms with van der Waals surface area (Å²) >= 11 is 1.73. The molecule has 2 aromatic rings. The molecule has 0 radical (unpaired) electrons. The van der Waals surface area contributed by atoms with Gasteiger partial charge in [0.05, 0.1) is 16.5 Å². The average molecular weight is 474 g/mol. The van der Waals surface area contributed by atoms with Crippen LogP contribution in [0.25, 0.3) is 0 Å². The highest BCUT2D eigenvalue weighted by Crippen LogP contribution is 2.36. The maximum absolute atomic E-state index is 13.3. The van der Waals surface area contributed by atoms with E-state index < -0.39 is 15.9 Å². The number of benzene rings is 2. The Morgan fingerprint density at radius 3 is 2.47 bits per heavy atom. The number of fused-ring (bicyclic) bond motifs is 1. The van der Waals surface area contributed by atoms with Crippen LogP contribution < -0.4 is 9.80 Å². The topological polar surface area (TPSA) is 78.0 Å². The predicted molar refractivity (Wildman–Crippen MR) is 127 cm³/mol. The van der Waals surface area contributed by atoms with Crippen molar-refractivity contribution in [3.05, 3.63) is 48.5 Å². The van der Waals surface area contributed by atoms with Crippen molar-refractivity contribution in [3.8, 4) is 0 Å². The zero-order valence-corrected chi connectivity index (χ0v) is 19.9. The Kier molecular flexibility index (Phi) is 6.60. The first kappa shape index (κ1) is 22.8. The second-order valence-corrected chi connectivity index (χ2v) is 10.9. The normalized spacial score (nSPS) is 18.8. The third-order valence-corrected chi connectivity index (χ3v) is 9.07. The van der Waals surface area contributed by atoms with Crippen LogP contribution in [0.5, 0.6) is 0 Å². The Morgan fingerprint density at radius 2 is 1.78 bits per heavy atom. The Balaban J connectivity index is 1.51. The maximum Gasteiger partial charge on any atom is 0.243 e. The summed E-state index contributed by atoms with van der Waals surface area (Å²) in [4.78, 5) is 30.7. The lowest BCUT2D eigenvalue weighted by molar-refractivity contribution is -0.124. The van der Waals surface area contributed by atoms with Crippen LogP contribution in [0.4, 0.5) is 11.4 Å². The molecule has 2 aliphatic heterocycles. The molecule has 2 aromatic carbocycles. The number of carbonyl (C=O) groups is 2. The molecule has 9 heteroatoms. The molecule has 1 fully saturated rings. The SMILES string of the molecule is CCN(CC)S(=O)(=O)c1ccc(N2CC(C(=O)N3CCSc4ccccc43)CC2=O)cc1. The van der Waals surface area contributed by atoms with Gasteiger partial charge in [-0.2, -0.15) is 4.31 Å². The zero-order valence-electron chi connectivity index (χ0n) is 18.2. The van der Waals surface area contributed by atoms with Gasteiger partial charge in [-0.25, -0.2) is 8.42 Å². The van der Waals surface area contributed by atoms with Gasteiger partial charge < -0.3 is 9.80 Å². The monoisotopic (exact) mass is 473 g/mol. The van der Waals surface area contributed by atoms with Gasteiger partial charge in [0.2, 0.25) is 21.8 Å². The van der Waals surface area contributed by atoms with Crippen molar-refractivity contribution < 1.29 is 18.0 Å². The molecule has 0 saturated carbocycles. The molecule has 1 unspecified atom stereocenters. The molecule has 0 spiro atoms. The summed E-state index contributed by atoms with van der Waals surface area (Å²) in [5, 5.41) is 0. The molecular weight excluding hydrogens is 446 g/mol. The van der Waals surface area contributed by atoms with Crippen LogP contribution in [0.15, 0.2) is 58.3 Å². The number of carbonyl (C=O) groups excluding carboxylic acids is 2. The molecule has 7 nitrogen and oxygen atoms in total. The van der Waals surface area contributed by atoms with E-state index in [2.05, 4.69) is 0 Å². The van der Waals surface area contributed by atoms with E-state index >= 15 is 0 Å². The molecule has 0 aromatic heterocycles. The number of hydrogen-bond acceptors (Lipinski definition) is 5. The van der Waals surface area contributed by atoms with Crippen LogP contribution in [0.3, 0.4) is 0 Å². The summed E-state index contributed by atoms with van der Waals surface area (Å²) in [6.45, 7) is 5.32. The zero-order chi connectivity index (χ0) is 22.9.